The van der Waals surface area contributed by atoms with Gasteiger partial charge in [0.2, 0.25) is 0 Å². The fourth-order valence-electron chi connectivity index (χ4n) is 1.51. The highest BCUT2D eigenvalue weighted by molar-refractivity contribution is 7.98. The molecule has 0 amide bonds. The minimum absolute atomic E-state index is 0.121. The zero-order valence-corrected chi connectivity index (χ0v) is 11.6. The third-order valence-electron chi connectivity index (χ3n) is 2.39. The molecule has 0 aliphatic rings. The van der Waals surface area contributed by atoms with Gasteiger partial charge in [-0.2, -0.15) is 0 Å². The number of hydrogen-bond donors (Lipinski definition) is 2. The van der Waals surface area contributed by atoms with Crippen molar-refractivity contribution in [2.75, 3.05) is 11.6 Å². The highest BCUT2D eigenvalue weighted by Crippen LogP contribution is 2.23. The molecule has 1 aromatic carbocycles. The van der Waals surface area contributed by atoms with Crippen LogP contribution in [0.5, 0.6) is 0 Å². The molecule has 0 saturated heterocycles. The summed E-state index contributed by atoms with van der Waals surface area (Å²) < 4.78 is 0. The second-order valence-electron chi connectivity index (χ2n) is 3.69. The number of pyridine rings is 1. The van der Waals surface area contributed by atoms with Crippen LogP contribution in [0.2, 0.25) is 5.02 Å². The lowest BCUT2D eigenvalue weighted by molar-refractivity contribution is 0.0691. The lowest BCUT2D eigenvalue weighted by atomic mass is 10.3. The smallest absolute Gasteiger partial charge is 0.356 e. The molecule has 0 atom stereocenters. The molecule has 6 heteroatoms. The number of rotatable bonds is 4. The second kappa shape index (κ2) is 5.95. The van der Waals surface area contributed by atoms with Crippen LogP contribution in [0.15, 0.2) is 41.3 Å². The van der Waals surface area contributed by atoms with Gasteiger partial charge in [0.25, 0.3) is 0 Å². The zero-order chi connectivity index (χ0) is 13.8. The fraction of sp³-hybridized carbons (Fsp3) is 0.0769. The average Bonchev–Trinajstić information content (AvgIpc) is 2.41. The van der Waals surface area contributed by atoms with Gasteiger partial charge in [0, 0.05) is 10.6 Å². The molecule has 0 spiro atoms. The Balaban J connectivity index is 2.28. The number of thioether (sulfide) groups is 1. The summed E-state index contributed by atoms with van der Waals surface area (Å²) in [5.74, 6) is -0.702. The summed E-state index contributed by atoms with van der Waals surface area (Å²) in [4.78, 5) is 16.0. The maximum absolute atomic E-state index is 10.9. The maximum atomic E-state index is 10.9. The van der Waals surface area contributed by atoms with E-state index in [4.69, 9.17) is 16.7 Å². The van der Waals surface area contributed by atoms with Crippen LogP contribution in [-0.2, 0) is 0 Å². The molecule has 1 heterocycles. The van der Waals surface area contributed by atoms with Crippen molar-refractivity contribution in [1.82, 2.24) is 4.98 Å². The van der Waals surface area contributed by atoms with Crippen LogP contribution in [-0.4, -0.2) is 22.3 Å². The quantitative estimate of drug-likeness (QED) is 0.837. The number of hydrogen-bond acceptors (Lipinski definition) is 4. The Morgan fingerprint density at radius 3 is 2.84 bits per heavy atom. The van der Waals surface area contributed by atoms with Gasteiger partial charge in [-0.05, 0) is 36.6 Å². The van der Waals surface area contributed by atoms with Crippen molar-refractivity contribution >= 4 is 40.8 Å². The summed E-state index contributed by atoms with van der Waals surface area (Å²) in [6.45, 7) is 0. The molecule has 0 unspecified atom stereocenters. The highest BCUT2D eigenvalue weighted by atomic mass is 35.5. The van der Waals surface area contributed by atoms with Crippen molar-refractivity contribution in [3.05, 3.63) is 47.1 Å². The Morgan fingerprint density at radius 2 is 2.16 bits per heavy atom. The van der Waals surface area contributed by atoms with Crippen molar-refractivity contribution in [2.24, 2.45) is 0 Å². The molecule has 0 aliphatic heterocycles. The van der Waals surface area contributed by atoms with E-state index in [2.05, 4.69) is 10.3 Å². The minimum atomic E-state index is -1.15. The Morgan fingerprint density at radius 1 is 1.37 bits per heavy atom. The number of aromatic carboxylic acids is 1. The van der Waals surface area contributed by atoms with Gasteiger partial charge >= 0.3 is 5.97 Å². The third-order valence-corrected chi connectivity index (χ3v) is 3.42. The molecule has 0 radical (unpaired) electrons. The van der Waals surface area contributed by atoms with Crippen LogP contribution in [0, 0.1) is 0 Å². The predicted molar refractivity (Wildman–Crippen MR) is 77.7 cm³/mol. The fourth-order valence-corrected chi connectivity index (χ4v) is 2.16. The summed E-state index contributed by atoms with van der Waals surface area (Å²) in [6, 6.07) is 10.9. The van der Waals surface area contributed by atoms with Crippen molar-refractivity contribution in [3.63, 3.8) is 0 Å². The summed E-state index contributed by atoms with van der Waals surface area (Å²) >= 11 is 7.40. The average molecular weight is 295 g/mol. The summed E-state index contributed by atoms with van der Waals surface area (Å²) in [7, 11) is 0. The lowest BCUT2D eigenvalue weighted by Crippen LogP contribution is -2.04. The van der Waals surface area contributed by atoms with Gasteiger partial charge in [0.1, 0.15) is 5.82 Å². The standard InChI is InChI=1S/C13H11ClN2O2S/c1-19-9-4-2-3-8(7-9)15-11-6-5-10(14)12(16-11)13(17)18/h2-7H,1H3,(H,15,16)(H,17,18). The number of halogens is 1. The van der Waals surface area contributed by atoms with Crippen molar-refractivity contribution in [1.29, 1.82) is 0 Å². The molecule has 2 rings (SSSR count). The van der Waals surface area contributed by atoms with Crippen molar-refractivity contribution < 1.29 is 9.90 Å². The summed E-state index contributed by atoms with van der Waals surface area (Å²) in [6.07, 6.45) is 1.99. The molecule has 4 nitrogen and oxygen atoms in total. The number of aromatic nitrogens is 1. The van der Waals surface area contributed by atoms with E-state index >= 15 is 0 Å². The molecule has 0 aliphatic carbocycles. The second-order valence-corrected chi connectivity index (χ2v) is 4.98. The molecule has 19 heavy (non-hydrogen) atoms. The van der Waals surface area contributed by atoms with E-state index in [1.807, 2.05) is 30.5 Å². The van der Waals surface area contributed by atoms with E-state index < -0.39 is 5.97 Å². The Labute approximate surface area is 119 Å². The first-order chi connectivity index (χ1) is 9.10. The Bertz CT molecular complexity index is 619. The number of carboxylic acids is 1. The predicted octanol–water partition coefficient (Wildman–Crippen LogP) is 3.90. The molecule has 0 saturated carbocycles. The van der Waals surface area contributed by atoms with Gasteiger partial charge in [0.05, 0.1) is 5.02 Å². The summed E-state index contributed by atoms with van der Waals surface area (Å²) in [5.41, 5.74) is 0.686. The van der Waals surface area contributed by atoms with Crippen LogP contribution in [0.3, 0.4) is 0 Å². The van der Waals surface area contributed by atoms with E-state index in [1.54, 1.807) is 17.8 Å². The van der Waals surface area contributed by atoms with Crippen molar-refractivity contribution in [3.8, 4) is 0 Å². The molecular formula is C13H11ClN2O2S. The first-order valence-corrected chi connectivity index (χ1v) is 7.01. The van der Waals surface area contributed by atoms with Crippen molar-refractivity contribution in [2.45, 2.75) is 4.90 Å². The van der Waals surface area contributed by atoms with Gasteiger partial charge in [-0.1, -0.05) is 17.7 Å². The Kier molecular flexibility index (Phi) is 4.29. The van der Waals surface area contributed by atoms with E-state index in [0.717, 1.165) is 10.6 Å². The number of anilines is 2. The Hall–Kier alpha value is -1.72. The molecule has 2 N–H and O–H groups in total. The minimum Gasteiger partial charge on any atom is -0.476 e. The van der Waals surface area contributed by atoms with Gasteiger partial charge in [-0.3, -0.25) is 0 Å². The van der Waals surface area contributed by atoms with Gasteiger partial charge in [0.15, 0.2) is 5.69 Å². The van der Waals surface area contributed by atoms with Gasteiger partial charge < -0.3 is 10.4 Å². The zero-order valence-electron chi connectivity index (χ0n) is 10.1. The van der Waals surface area contributed by atoms with E-state index in [0.29, 0.717) is 5.82 Å². The van der Waals surface area contributed by atoms with E-state index in [9.17, 15) is 4.79 Å². The van der Waals surface area contributed by atoms with Crippen LogP contribution in [0.1, 0.15) is 10.5 Å². The first-order valence-electron chi connectivity index (χ1n) is 5.41. The molecule has 0 bridgehead atoms. The number of carbonyl (C=O) groups is 1. The SMILES string of the molecule is CSc1cccc(Nc2ccc(Cl)c(C(=O)O)n2)c1. The molecule has 98 valence electrons. The topological polar surface area (TPSA) is 62.2 Å². The van der Waals surface area contributed by atoms with E-state index in [1.165, 1.54) is 6.07 Å². The highest BCUT2D eigenvalue weighted by Gasteiger charge is 2.11. The lowest BCUT2D eigenvalue weighted by Gasteiger charge is -2.08. The number of benzene rings is 1. The molecule has 2 aromatic rings. The number of nitrogens with one attached hydrogen (secondary N) is 1. The van der Waals surface area contributed by atoms with Crippen LogP contribution < -0.4 is 5.32 Å². The van der Waals surface area contributed by atoms with Gasteiger partial charge in [-0.25, -0.2) is 9.78 Å². The van der Waals surface area contributed by atoms with Crippen LogP contribution in [0.4, 0.5) is 11.5 Å². The molecular weight excluding hydrogens is 284 g/mol. The normalized spacial score (nSPS) is 10.2. The monoisotopic (exact) mass is 294 g/mol. The van der Waals surface area contributed by atoms with Crippen LogP contribution in [0.25, 0.3) is 0 Å². The summed E-state index contributed by atoms with van der Waals surface area (Å²) in [5, 5.41) is 12.1. The van der Waals surface area contributed by atoms with Crippen LogP contribution >= 0.6 is 23.4 Å². The number of nitrogens with zero attached hydrogens (tertiary/aromatic N) is 1. The van der Waals surface area contributed by atoms with E-state index in [-0.39, 0.29) is 10.7 Å². The first kappa shape index (κ1) is 13.7. The molecule has 0 fully saturated rings. The molecule has 1 aromatic heterocycles. The third kappa shape index (κ3) is 3.39. The number of carboxylic acid groups (broad SMARTS) is 1. The maximum Gasteiger partial charge on any atom is 0.356 e. The largest absolute Gasteiger partial charge is 0.476 e. The van der Waals surface area contributed by atoms with Gasteiger partial charge in [-0.15, -0.1) is 11.8 Å².